The topological polar surface area (TPSA) is 118 Å². The Morgan fingerprint density at radius 1 is 1.18 bits per heavy atom. The van der Waals surface area contributed by atoms with Crippen LogP contribution in [0.15, 0.2) is 12.1 Å². The Morgan fingerprint density at radius 3 is 2.67 bits per heavy atom. The van der Waals surface area contributed by atoms with Crippen molar-refractivity contribution in [2.45, 2.75) is 64.6 Å². The molecule has 10 heteroatoms. The number of morpholine rings is 1. The molecule has 0 saturated carbocycles. The normalized spacial score (nSPS) is 23.8. The number of aryl methyl sites for hydroxylation is 1. The fraction of sp³-hybridized carbons (Fsp3) is 0.652. The van der Waals surface area contributed by atoms with Crippen LogP contribution in [0.5, 0.6) is 0 Å². The van der Waals surface area contributed by atoms with Crippen molar-refractivity contribution in [3.8, 4) is 6.07 Å². The highest BCUT2D eigenvalue weighted by atomic mass is 16.5. The molecule has 0 bridgehead atoms. The van der Waals surface area contributed by atoms with Gasteiger partial charge >= 0.3 is 0 Å². The Morgan fingerprint density at radius 2 is 1.97 bits per heavy atom. The molecule has 33 heavy (non-hydrogen) atoms. The highest BCUT2D eigenvalue weighted by Gasteiger charge is 2.32. The van der Waals surface area contributed by atoms with E-state index in [4.69, 9.17) is 20.0 Å². The summed E-state index contributed by atoms with van der Waals surface area (Å²) in [4.78, 5) is 14.3. The molecule has 3 atom stereocenters. The van der Waals surface area contributed by atoms with Crippen molar-refractivity contribution in [1.82, 2.24) is 25.1 Å². The maximum atomic E-state index is 9.03. The second kappa shape index (κ2) is 10.8. The molecule has 2 aliphatic rings. The number of aromatic nitrogens is 4. The lowest BCUT2D eigenvalue weighted by Gasteiger charge is -2.44. The van der Waals surface area contributed by atoms with Gasteiger partial charge in [-0.15, -0.1) is 0 Å². The number of piperidine rings is 1. The highest BCUT2D eigenvalue weighted by molar-refractivity contribution is 5.59. The maximum Gasteiger partial charge on any atom is 0.229 e. The number of nitrogens with zero attached hydrogens (tertiary/aromatic N) is 6. The van der Waals surface area contributed by atoms with Gasteiger partial charge in [0.25, 0.3) is 0 Å². The third kappa shape index (κ3) is 5.92. The monoisotopic (exact) mass is 453 g/mol. The van der Waals surface area contributed by atoms with E-state index in [2.05, 4.69) is 50.5 Å². The standard InChI is InChI=1S/C23H35N9O/c1-4-19-14-18(13-17(3)32(19)7-5-6-24)25-20-15-21(26-22-12-16(2)29-30-22)28-23(27-20)31-8-10-33-11-9-31/h12,15,17-19H,4-5,7-11,13-14H2,1-3H3,(H3,25,26,27,28,29,30). The largest absolute Gasteiger partial charge is 0.378 e. The molecule has 10 nitrogen and oxygen atoms in total. The number of nitrogens with one attached hydrogen (secondary N) is 3. The van der Waals surface area contributed by atoms with Crippen LogP contribution in [0.2, 0.25) is 0 Å². The summed E-state index contributed by atoms with van der Waals surface area (Å²) in [6, 6.07) is 7.40. The fourth-order valence-electron chi connectivity index (χ4n) is 4.87. The Hall–Kier alpha value is -2.90. The van der Waals surface area contributed by atoms with Crippen LogP contribution in [0.25, 0.3) is 0 Å². The Balaban J connectivity index is 1.53. The number of likely N-dealkylation sites (tertiary alicyclic amines) is 1. The molecule has 4 rings (SSSR count). The van der Waals surface area contributed by atoms with Gasteiger partial charge in [-0.25, -0.2) is 0 Å². The number of H-pyrrole nitrogens is 1. The first-order chi connectivity index (χ1) is 16.1. The van der Waals surface area contributed by atoms with E-state index in [9.17, 15) is 0 Å². The summed E-state index contributed by atoms with van der Waals surface area (Å²) in [6.45, 7) is 10.2. The fourth-order valence-corrected chi connectivity index (χ4v) is 4.87. The van der Waals surface area contributed by atoms with Crippen molar-refractivity contribution < 1.29 is 4.74 Å². The number of aromatic amines is 1. The third-order valence-corrected chi connectivity index (χ3v) is 6.49. The Labute approximate surface area is 195 Å². The third-order valence-electron chi connectivity index (χ3n) is 6.49. The molecular formula is C23H35N9O. The highest BCUT2D eigenvalue weighted by Crippen LogP contribution is 2.29. The molecule has 2 saturated heterocycles. The predicted octanol–water partition coefficient (Wildman–Crippen LogP) is 3.05. The van der Waals surface area contributed by atoms with Crippen LogP contribution in [0, 0.1) is 18.3 Å². The number of hydrogen-bond donors (Lipinski definition) is 3. The smallest absolute Gasteiger partial charge is 0.229 e. The molecule has 0 amide bonds. The van der Waals surface area contributed by atoms with Crippen LogP contribution in [0.3, 0.4) is 0 Å². The molecule has 0 aromatic carbocycles. The molecule has 4 heterocycles. The summed E-state index contributed by atoms with van der Waals surface area (Å²) >= 11 is 0. The maximum absolute atomic E-state index is 9.03. The Bertz CT molecular complexity index is 950. The lowest BCUT2D eigenvalue weighted by atomic mass is 9.90. The first-order valence-corrected chi connectivity index (χ1v) is 12.0. The van der Waals surface area contributed by atoms with Gasteiger partial charge in [-0.05, 0) is 33.1 Å². The molecule has 0 spiro atoms. The van der Waals surface area contributed by atoms with Crippen molar-refractivity contribution >= 4 is 23.4 Å². The molecule has 178 valence electrons. The van der Waals surface area contributed by atoms with Gasteiger partial charge in [0.2, 0.25) is 5.95 Å². The summed E-state index contributed by atoms with van der Waals surface area (Å²) in [5.74, 6) is 2.96. The van der Waals surface area contributed by atoms with Crippen LogP contribution < -0.4 is 15.5 Å². The molecule has 3 unspecified atom stereocenters. The minimum Gasteiger partial charge on any atom is -0.378 e. The Kier molecular flexibility index (Phi) is 7.62. The number of ether oxygens (including phenoxy) is 1. The van der Waals surface area contributed by atoms with Gasteiger partial charge in [0.1, 0.15) is 11.6 Å². The van der Waals surface area contributed by atoms with Gasteiger partial charge in [-0.1, -0.05) is 6.92 Å². The molecule has 2 aliphatic heterocycles. The molecule has 0 radical (unpaired) electrons. The average Bonchev–Trinajstić information content (AvgIpc) is 3.22. The first-order valence-electron chi connectivity index (χ1n) is 12.0. The van der Waals surface area contributed by atoms with Crippen LogP contribution >= 0.6 is 0 Å². The van der Waals surface area contributed by atoms with Crippen molar-refractivity contribution in [2.24, 2.45) is 0 Å². The van der Waals surface area contributed by atoms with Gasteiger partial charge in [0.05, 0.1) is 19.3 Å². The van der Waals surface area contributed by atoms with Gasteiger partial charge in [0.15, 0.2) is 5.82 Å². The second-order valence-corrected chi connectivity index (χ2v) is 8.97. The van der Waals surface area contributed by atoms with Crippen LogP contribution in [-0.4, -0.2) is 76.0 Å². The van der Waals surface area contributed by atoms with E-state index in [0.29, 0.717) is 49.5 Å². The van der Waals surface area contributed by atoms with Crippen molar-refractivity contribution in [3.05, 3.63) is 17.8 Å². The van der Waals surface area contributed by atoms with Crippen molar-refractivity contribution in [2.75, 3.05) is 48.4 Å². The summed E-state index contributed by atoms with van der Waals surface area (Å²) in [6.07, 6.45) is 3.70. The van der Waals surface area contributed by atoms with E-state index in [1.807, 2.05) is 19.1 Å². The van der Waals surface area contributed by atoms with Crippen LogP contribution in [0.4, 0.5) is 23.4 Å². The van der Waals surface area contributed by atoms with E-state index in [0.717, 1.165) is 56.2 Å². The van der Waals surface area contributed by atoms with E-state index in [1.165, 1.54) is 0 Å². The quantitative estimate of drug-likeness (QED) is 0.554. The predicted molar refractivity (Wildman–Crippen MR) is 129 cm³/mol. The zero-order chi connectivity index (χ0) is 23.2. The van der Waals surface area contributed by atoms with E-state index in [1.54, 1.807) is 0 Å². The number of anilines is 4. The van der Waals surface area contributed by atoms with Gasteiger partial charge in [0, 0.05) is 62.0 Å². The molecule has 3 N–H and O–H groups in total. The lowest BCUT2D eigenvalue weighted by molar-refractivity contribution is 0.0858. The minimum absolute atomic E-state index is 0.316. The van der Waals surface area contributed by atoms with Crippen molar-refractivity contribution in [1.29, 1.82) is 5.26 Å². The number of nitriles is 1. The zero-order valence-corrected chi connectivity index (χ0v) is 19.8. The van der Waals surface area contributed by atoms with Crippen LogP contribution in [0.1, 0.15) is 45.2 Å². The average molecular weight is 454 g/mol. The van der Waals surface area contributed by atoms with E-state index < -0.39 is 0 Å². The summed E-state index contributed by atoms with van der Waals surface area (Å²) in [5.41, 5.74) is 0.987. The van der Waals surface area contributed by atoms with Crippen molar-refractivity contribution in [3.63, 3.8) is 0 Å². The van der Waals surface area contributed by atoms with Gasteiger partial charge in [-0.3, -0.25) is 10.00 Å². The molecule has 2 aromatic heterocycles. The van der Waals surface area contributed by atoms with Gasteiger partial charge in [-0.2, -0.15) is 20.3 Å². The summed E-state index contributed by atoms with van der Waals surface area (Å²) in [7, 11) is 0. The number of rotatable bonds is 8. The number of hydrogen-bond acceptors (Lipinski definition) is 9. The lowest BCUT2D eigenvalue weighted by Crippen LogP contribution is -2.51. The summed E-state index contributed by atoms with van der Waals surface area (Å²) < 4.78 is 5.51. The van der Waals surface area contributed by atoms with Gasteiger partial charge < -0.3 is 20.3 Å². The molecule has 2 aromatic rings. The van der Waals surface area contributed by atoms with Crippen LogP contribution in [-0.2, 0) is 4.74 Å². The van der Waals surface area contributed by atoms with E-state index >= 15 is 0 Å². The second-order valence-electron chi connectivity index (χ2n) is 8.97. The summed E-state index contributed by atoms with van der Waals surface area (Å²) in [5, 5.41) is 23.3. The first kappa shape index (κ1) is 23.3. The zero-order valence-electron chi connectivity index (χ0n) is 19.8. The molecule has 2 fully saturated rings. The SMILES string of the molecule is CCC1CC(Nc2cc(Nc3cc(C)[nH]n3)nc(N3CCOCC3)n2)CC(C)N1CCC#N. The minimum atomic E-state index is 0.316. The molecule has 0 aliphatic carbocycles. The molecular weight excluding hydrogens is 418 g/mol. The van der Waals surface area contributed by atoms with E-state index in [-0.39, 0.29) is 0 Å².